The maximum absolute atomic E-state index is 12.3. The highest BCUT2D eigenvalue weighted by Crippen LogP contribution is 2.22. The Kier molecular flexibility index (Phi) is 5.04. The van der Waals surface area contributed by atoms with E-state index >= 15 is 0 Å². The number of carbonyl (C=O) groups is 1. The lowest BCUT2D eigenvalue weighted by Gasteiger charge is -2.18. The molecule has 4 nitrogen and oxygen atoms in total. The number of nitrogens with zero attached hydrogens (tertiary/aromatic N) is 1. The molecular weight excluding hydrogens is 300 g/mol. The number of aryl methyl sites for hydroxylation is 1. The van der Waals surface area contributed by atoms with Crippen LogP contribution in [0.15, 0.2) is 48.5 Å². The van der Waals surface area contributed by atoms with Gasteiger partial charge in [0.15, 0.2) is 6.10 Å². The highest BCUT2D eigenvalue weighted by Gasteiger charge is 2.16. The molecule has 1 heterocycles. The van der Waals surface area contributed by atoms with Crippen molar-refractivity contribution in [2.24, 2.45) is 0 Å². The molecule has 3 rings (SSSR count). The lowest BCUT2D eigenvalue weighted by Crippen LogP contribution is -2.30. The summed E-state index contributed by atoms with van der Waals surface area (Å²) in [6.45, 7) is 6.01. The molecule has 1 amide bonds. The van der Waals surface area contributed by atoms with Crippen molar-refractivity contribution in [2.75, 3.05) is 23.3 Å². The molecule has 2 aromatic carbocycles. The minimum absolute atomic E-state index is 0.149. The summed E-state index contributed by atoms with van der Waals surface area (Å²) in [5, 5.41) is 2.91. The summed E-state index contributed by atoms with van der Waals surface area (Å²) in [6, 6.07) is 15.7. The standard InChI is InChI=1S/C20H24N2O2/c1-15-5-11-19(12-6-15)24-16(2)20(23)21-17-7-9-18(10-8-17)22-13-3-4-14-22/h5-12,16H,3-4,13-14H2,1-2H3,(H,21,23). The van der Waals surface area contributed by atoms with Crippen LogP contribution >= 0.6 is 0 Å². The Morgan fingerprint density at radius 3 is 2.29 bits per heavy atom. The zero-order valence-corrected chi connectivity index (χ0v) is 14.3. The molecule has 1 aliphatic rings. The lowest BCUT2D eigenvalue weighted by molar-refractivity contribution is -0.122. The molecule has 0 aromatic heterocycles. The number of amides is 1. The summed E-state index contributed by atoms with van der Waals surface area (Å²) in [5.74, 6) is 0.553. The number of nitrogens with one attached hydrogen (secondary N) is 1. The smallest absolute Gasteiger partial charge is 0.265 e. The van der Waals surface area contributed by atoms with E-state index < -0.39 is 6.10 Å². The zero-order valence-electron chi connectivity index (χ0n) is 14.3. The monoisotopic (exact) mass is 324 g/mol. The van der Waals surface area contributed by atoms with Gasteiger partial charge >= 0.3 is 0 Å². The topological polar surface area (TPSA) is 41.6 Å². The van der Waals surface area contributed by atoms with Gasteiger partial charge in [-0.05, 0) is 63.1 Å². The number of carbonyl (C=O) groups excluding carboxylic acids is 1. The van der Waals surface area contributed by atoms with Gasteiger partial charge in [-0.25, -0.2) is 0 Å². The average molecular weight is 324 g/mol. The quantitative estimate of drug-likeness (QED) is 0.904. The predicted octanol–water partition coefficient (Wildman–Crippen LogP) is 4.00. The fourth-order valence-electron chi connectivity index (χ4n) is 2.85. The van der Waals surface area contributed by atoms with Crippen molar-refractivity contribution in [1.82, 2.24) is 0 Å². The van der Waals surface area contributed by atoms with E-state index in [0.717, 1.165) is 24.3 Å². The second-order valence-electron chi connectivity index (χ2n) is 6.30. The van der Waals surface area contributed by atoms with Gasteiger partial charge in [-0.15, -0.1) is 0 Å². The number of ether oxygens (including phenoxy) is 1. The van der Waals surface area contributed by atoms with E-state index in [-0.39, 0.29) is 5.91 Å². The Hall–Kier alpha value is -2.49. The number of rotatable bonds is 5. The van der Waals surface area contributed by atoms with Gasteiger partial charge in [0.25, 0.3) is 5.91 Å². The molecule has 126 valence electrons. The Morgan fingerprint density at radius 2 is 1.67 bits per heavy atom. The zero-order chi connectivity index (χ0) is 16.9. The highest BCUT2D eigenvalue weighted by molar-refractivity contribution is 5.94. The van der Waals surface area contributed by atoms with E-state index in [0.29, 0.717) is 5.75 Å². The van der Waals surface area contributed by atoms with Gasteiger partial charge in [-0.2, -0.15) is 0 Å². The van der Waals surface area contributed by atoms with Gasteiger partial charge in [0, 0.05) is 24.5 Å². The first-order valence-corrected chi connectivity index (χ1v) is 8.51. The summed E-state index contributed by atoms with van der Waals surface area (Å²) in [7, 11) is 0. The summed E-state index contributed by atoms with van der Waals surface area (Å²) < 4.78 is 5.69. The summed E-state index contributed by atoms with van der Waals surface area (Å²) in [4.78, 5) is 14.6. The van der Waals surface area contributed by atoms with Gasteiger partial charge in [-0.3, -0.25) is 4.79 Å². The van der Waals surface area contributed by atoms with Crippen molar-refractivity contribution in [3.63, 3.8) is 0 Å². The molecule has 2 aromatic rings. The van der Waals surface area contributed by atoms with Crippen LogP contribution in [0.4, 0.5) is 11.4 Å². The maximum atomic E-state index is 12.3. The number of hydrogen-bond acceptors (Lipinski definition) is 3. The van der Waals surface area contributed by atoms with Gasteiger partial charge in [0.2, 0.25) is 0 Å². The average Bonchev–Trinajstić information content (AvgIpc) is 3.12. The van der Waals surface area contributed by atoms with Crippen LogP contribution in [-0.4, -0.2) is 25.1 Å². The molecule has 0 spiro atoms. The number of anilines is 2. The number of benzene rings is 2. The molecule has 1 fully saturated rings. The molecule has 1 aliphatic heterocycles. The molecule has 1 unspecified atom stereocenters. The minimum Gasteiger partial charge on any atom is -0.481 e. The first kappa shape index (κ1) is 16.4. The van der Waals surface area contributed by atoms with E-state index in [9.17, 15) is 4.79 Å². The molecule has 0 saturated carbocycles. The van der Waals surface area contributed by atoms with E-state index in [2.05, 4.69) is 22.3 Å². The molecule has 1 saturated heterocycles. The fourth-order valence-corrected chi connectivity index (χ4v) is 2.85. The third-order valence-electron chi connectivity index (χ3n) is 4.31. The predicted molar refractivity (Wildman–Crippen MR) is 97.8 cm³/mol. The second kappa shape index (κ2) is 7.39. The third-order valence-corrected chi connectivity index (χ3v) is 4.31. The summed E-state index contributed by atoms with van der Waals surface area (Å²) in [6.07, 6.45) is 1.96. The van der Waals surface area contributed by atoms with Crippen molar-refractivity contribution >= 4 is 17.3 Å². The number of hydrogen-bond donors (Lipinski definition) is 1. The van der Waals surface area contributed by atoms with E-state index in [1.807, 2.05) is 43.3 Å². The van der Waals surface area contributed by atoms with Crippen LogP contribution in [-0.2, 0) is 4.79 Å². The Labute approximate surface area is 143 Å². The Balaban J connectivity index is 1.56. The Morgan fingerprint density at radius 1 is 1.04 bits per heavy atom. The van der Waals surface area contributed by atoms with Crippen LogP contribution in [0.1, 0.15) is 25.3 Å². The van der Waals surface area contributed by atoms with Crippen molar-refractivity contribution in [2.45, 2.75) is 32.8 Å². The molecular formula is C20H24N2O2. The third kappa shape index (κ3) is 4.07. The van der Waals surface area contributed by atoms with Crippen molar-refractivity contribution in [3.8, 4) is 5.75 Å². The molecule has 0 radical (unpaired) electrons. The first-order valence-electron chi connectivity index (χ1n) is 8.51. The molecule has 1 atom stereocenters. The largest absolute Gasteiger partial charge is 0.481 e. The SMILES string of the molecule is Cc1ccc(OC(C)C(=O)Nc2ccc(N3CCCC3)cc2)cc1. The maximum Gasteiger partial charge on any atom is 0.265 e. The van der Waals surface area contributed by atoms with Gasteiger partial charge in [0.1, 0.15) is 5.75 Å². The van der Waals surface area contributed by atoms with Crippen LogP contribution in [0.2, 0.25) is 0 Å². The molecule has 1 N–H and O–H groups in total. The van der Waals surface area contributed by atoms with E-state index in [4.69, 9.17) is 4.74 Å². The van der Waals surface area contributed by atoms with Crippen LogP contribution in [0.25, 0.3) is 0 Å². The summed E-state index contributed by atoms with van der Waals surface area (Å²) in [5.41, 5.74) is 3.18. The van der Waals surface area contributed by atoms with E-state index in [1.54, 1.807) is 6.92 Å². The Bertz CT molecular complexity index is 674. The minimum atomic E-state index is -0.550. The fraction of sp³-hybridized carbons (Fsp3) is 0.350. The van der Waals surface area contributed by atoms with Gasteiger partial charge in [-0.1, -0.05) is 17.7 Å². The van der Waals surface area contributed by atoms with Crippen LogP contribution in [0.3, 0.4) is 0 Å². The van der Waals surface area contributed by atoms with Crippen molar-refractivity contribution in [1.29, 1.82) is 0 Å². The normalized spacial score (nSPS) is 15.2. The summed E-state index contributed by atoms with van der Waals surface area (Å²) >= 11 is 0. The van der Waals surface area contributed by atoms with Crippen molar-refractivity contribution < 1.29 is 9.53 Å². The second-order valence-corrected chi connectivity index (χ2v) is 6.30. The first-order chi connectivity index (χ1) is 11.6. The van der Waals surface area contributed by atoms with Crippen LogP contribution in [0, 0.1) is 6.92 Å². The van der Waals surface area contributed by atoms with Crippen LogP contribution < -0.4 is 15.0 Å². The van der Waals surface area contributed by atoms with Gasteiger partial charge < -0.3 is 15.0 Å². The molecule has 0 bridgehead atoms. The molecule has 4 heteroatoms. The van der Waals surface area contributed by atoms with Gasteiger partial charge in [0.05, 0.1) is 0 Å². The van der Waals surface area contributed by atoms with E-state index in [1.165, 1.54) is 18.5 Å². The van der Waals surface area contributed by atoms with Crippen LogP contribution in [0.5, 0.6) is 5.75 Å². The van der Waals surface area contributed by atoms with Crippen molar-refractivity contribution in [3.05, 3.63) is 54.1 Å². The highest BCUT2D eigenvalue weighted by atomic mass is 16.5. The molecule has 24 heavy (non-hydrogen) atoms. The lowest BCUT2D eigenvalue weighted by atomic mass is 10.2. The molecule has 0 aliphatic carbocycles.